The fourth-order valence-electron chi connectivity index (χ4n) is 2.52. The van der Waals surface area contributed by atoms with E-state index in [1.807, 2.05) is 17.8 Å². The Morgan fingerprint density at radius 2 is 2.04 bits per heavy atom. The SMILES string of the molecule is CCNC(=NCc1ccn(C)c1)NCc1ccc(C)cc1OCCOC. The number of aromatic nitrogens is 1. The number of hydrogen-bond acceptors (Lipinski definition) is 3. The molecule has 6 nitrogen and oxygen atoms in total. The molecule has 0 aliphatic carbocycles. The molecule has 142 valence electrons. The molecule has 0 amide bonds. The highest BCUT2D eigenvalue weighted by molar-refractivity contribution is 5.79. The van der Waals surface area contributed by atoms with Crippen molar-refractivity contribution in [1.82, 2.24) is 15.2 Å². The highest BCUT2D eigenvalue weighted by atomic mass is 16.5. The largest absolute Gasteiger partial charge is 0.491 e. The van der Waals surface area contributed by atoms with Crippen LogP contribution in [0, 0.1) is 6.92 Å². The van der Waals surface area contributed by atoms with Gasteiger partial charge in [-0.1, -0.05) is 12.1 Å². The maximum atomic E-state index is 5.85. The Morgan fingerprint density at radius 3 is 2.73 bits per heavy atom. The normalized spacial score (nSPS) is 11.5. The molecule has 2 aromatic rings. The number of rotatable bonds is 9. The first-order valence-electron chi connectivity index (χ1n) is 8.96. The molecule has 2 N–H and O–H groups in total. The van der Waals surface area contributed by atoms with Crippen molar-refractivity contribution in [2.75, 3.05) is 26.9 Å². The fraction of sp³-hybridized carbons (Fsp3) is 0.450. The predicted molar refractivity (Wildman–Crippen MR) is 106 cm³/mol. The van der Waals surface area contributed by atoms with Crippen molar-refractivity contribution in [2.45, 2.75) is 26.9 Å². The Bertz CT molecular complexity index is 710. The van der Waals surface area contributed by atoms with Crippen molar-refractivity contribution in [3.63, 3.8) is 0 Å². The lowest BCUT2D eigenvalue weighted by Gasteiger charge is -2.15. The Hall–Kier alpha value is -2.47. The number of aryl methyl sites for hydroxylation is 2. The molecule has 26 heavy (non-hydrogen) atoms. The van der Waals surface area contributed by atoms with Crippen molar-refractivity contribution in [2.24, 2.45) is 12.0 Å². The van der Waals surface area contributed by atoms with Crippen LogP contribution in [0.3, 0.4) is 0 Å². The molecule has 0 atom stereocenters. The lowest BCUT2D eigenvalue weighted by atomic mass is 10.1. The number of benzene rings is 1. The van der Waals surface area contributed by atoms with Gasteiger partial charge in [0, 0.05) is 45.2 Å². The first-order chi connectivity index (χ1) is 12.6. The van der Waals surface area contributed by atoms with E-state index in [0.717, 1.165) is 23.8 Å². The smallest absolute Gasteiger partial charge is 0.191 e. The van der Waals surface area contributed by atoms with Crippen LogP contribution in [0.1, 0.15) is 23.6 Å². The molecule has 0 aliphatic heterocycles. The van der Waals surface area contributed by atoms with Gasteiger partial charge in [-0.15, -0.1) is 0 Å². The van der Waals surface area contributed by atoms with Gasteiger partial charge in [-0.2, -0.15) is 0 Å². The van der Waals surface area contributed by atoms with Gasteiger partial charge in [-0.3, -0.25) is 0 Å². The van der Waals surface area contributed by atoms with Gasteiger partial charge in [0.25, 0.3) is 0 Å². The summed E-state index contributed by atoms with van der Waals surface area (Å²) in [5, 5.41) is 6.67. The van der Waals surface area contributed by atoms with Crippen LogP contribution >= 0.6 is 0 Å². The van der Waals surface area contributed by atoms with Gasteiger partial charge < -0.3 is 24.7 Å². The van der Waals surface area contributed by atoms with E-state index in [9.17, 15) is 0 Å². The molecule has 0 saturated heterocycles. The van der Waals surface area contributed by atoms with Crippen molar-refractivity contribution >= 4 is 5.96 Å². The van der Waals surface area contributed by atoms with E-state index >= 15 is 0 Å². The van der Waals surface area contributed by atoms with Crippen LogP contribution in [0.5, 0.6) is 5.75 Å². The second kappa shape index (κ2) is 10.5. The van der Waals surface area contributed by atoms with Crippen molar-refractivity contribution in [3.05, 3.63) is 53.3 Å². The Morgan fingerprint density at radius 1 is 1.19 bits per heavy atom. The molecular formula is C20H30N4O2. The van der Waals surface area contributed by atoms with E-state index in [-0.39, 0.29) is 0 Å². The van der Waals surface area contributed by atoms with E-state index in [2.05, 4.69) is 59.9 Å². The monoisotopic (exact) mass is 358 g/mol. The molecule has 0 radical (unpaired) electrons. The Kier molecular flexibility index (Phi) is 8.02. The number of ether oxygens (including phenoxy) is 2. The molecule has 6 heteroatoms. The van der Waals surface area contributed by atoms with E-state index in [4.69, 9.17) is 9.47 Å². The maximum Gasteiger partial charge on any atom is 0.191 e. The van der Waals surface area contributed by atoms with Gasteiger partial charge in [0.1, 0.15) is 12.4 Å². The molecule has 2 rings (SSSR count). The van der Waals surface area contributed by atoms with E-state index in [1.54, 1.807) is 7.11 Å². The Balaban J connectivity index is 2.01. The molecule has 0 bridgehead atoms. The van der Waals surface area contributed by atoms with E-state index in [0.29, 0.717) is 26.3 Å². The number of aliphatic imine (C=N–C) groups is 1. The van der Waals surface area contributed by atoms with Crippen molar-refractivity contribution in [1.29, 1.82) is 0 Å². The number of guanidine groups is 1. The first-order valence-corrected chi connectivity index (χ1v) is 8.96. The molecule has 0 fully saturated rings. The lowest BCUT2D eigenvalue weighted by molar-refractivity contribution is 0.145. The number of methoxy groups -OCH3 is 1. The summed E-state index contributed by atoms with van der Waals surface area (Å²) in [6.45, 7) is 7.32. The van der Waals surface area contributed by atoms with Gasteiger partial charge in [0.2, 0.25) is 0 Å². The summed E-state index contributed by atoms with van der Waals surface area (Å²) in [7, 11) is 3.69. The van der Waals surface area contributed by atoms with E-state index in [1.165, 1.54) is 11.1 Å². The topological polar surface area (TPSA) is 59.8 Å². The average molecular weight is 358 g/mol. The van der Waals surface area contributed by atoms with Gasteiger partial charge in [-0.05, 0) is 37.1 Å². The molecule has 1 heterocycles. The molecule has 1 aromatic heterocycles. The number of nitrogens with one attached hydrogen (secondary N) is 2. The zero-order chi connectivity index (χ0) is 18.8. The molecular weight excluding hydrogens is 328 g/mol. The van der Waals surface area contributed by atoms with Crippen LogP contribution in [-0.2, 0) is 24.9 Å². The minimum absolute atomic E-state index is 0.537. The second-order valence-electron chi connectivity index (χ2n) is 6.19. The van der Waals surface area contributed by atoms with Crippen molar-refractivity contribution < 1.29 is 9.47 Å². The summed E-state index contributed by atoms with van der Waals surface area (Å²) in [6.07, 6.45) is 4.11. The molecule has 1 aromatic carbocycles. The zero-order valence-electron chi connectivity index (χ0n) is 16.2. The summed E-state index contributed by atoms with van der Waals surface area (Å²) in [4.78, 5) is 4.66. The second-order valence-corrected chi connectivity index (χ2v) is 6.19. The quantitative estimate of drug-likeness (QED) is 0.411. The summed E-state index contributed by atoms with van der Waals surface area (Å²) in [6, 6.07) is 8.31. The summed E-state index contributed by atoms with van der Waals surface area (Å²) < 4.78 is 13.0. The van der Waals surface area contributed by atoms with Crippen LogP contribution in [0.15, 0.2) is 41.7 Å². The summed E-state index contributed by atoms with van der Waals surface area (Å²) >= 11 is 0. The van der Waals surface area contributed by atoms with Gasteiger partial charge in [-0.25, -0.2) is 4.99 Å². The van der Waals surface area contributed by atoms with Crippen LogP contribution < -0.4 is 15.4 Å². The highest BCUT2D eigenvalue weighted by Crippen LogP contribution is 2.20. The van der Waals surface area contributed by atoms with Crippen LogP contribution in [-0.4, -0.2) is 37.4 Å². The average Bonchev–Trinajstić information content (AvgIpc) is 3.04. The third-order valence-corrected chi connectivity index (χ3v) is 3.87. The highest BCUT2D eigenvalue weighted by Gasteiger charge is 2.06. The zero-order valence-corrected chi connectivity index (χ0v) is 16.2. The fourth-order valence-corrected chi connectivity index (χ4v) is 2.52. The summed E-state index contributed by atoms with van der Waals surface area (Å²) in [5.41, 5.74) is 3.45. The third kappa shape index (κ3) is 6.44. The Labute approximate surface area is 156 Å². The van der Waals surface area contributed by atoms with E-state index < -0.39 is 0 Å². The molecule has 0 spiro atoms. The maximum absolute atomic E-state index is 5.85. The summed E-state index contributed by atoms with van der Waals surface area (Å²) in [5.74, 6) is 1.67. The third-order valence-electron chi connectivity index (χ3n) is 3.87. The number of hydrogen-bond donors (Lipinski definition) is 2. The minimum atomic E-state index is 0.537. The van der Waals surface area contributed by atoms with Gasteiger partial charge in [0.05, 0.1) is 13.2 Å². The molecule has 0 aliphatic rings. The predicted octanol–water partition coefficient (Wildman–Crippen LogP) is 2.61. The molecule has 0 unspecified atom stereocenters. The minimum Gasteiger partial charge on any atom is -0.491 e. The van der Waals surface area contributed by atoms with Crippen molar-refractivity contribution in [3.8, 4) is 5.75 Å². The number of nitrogens with zero attached hydrogens (tertiary/aromatic N) is 2. The molecule has 0 saturated carbocycles. The van der Waals surface area contributed by atoms with Gasteiger partial charge in [0.15, 0.2) is 5.96 Å². The standard InChI is InChI=1S/C20H30N4O2/c1-5-21-20(22-13-17-8-9-24(3)15-17)23-14-18-7-6-16(2)12-19(18)26-11-10-25-4/h6-9,12,15H,5,10-11,13-14H2,1-4H3,(H2,21,22,23). The van der Waals surface area contributed by atoms with Crippen LogP contribution in [0.2, 0.25) is 0 Å². The van der Waals surface area contributed by atoms with Gasteiger partial charge >= 0.3 is 0 Å². The first kappa shape index (κ1) is 19.8. The van der Waals surface area contributed by atoms with Crippen LogP contribution in [0.25, 0.3) is 0 Å². The van der Waals surface area contributed by atoms with Crippen LogP contribution in [0.4, 0.5) is 0 Å². The lowest BCUT2D eigenvalue weighted by Crippen LogP contribution is -2.36.